The summed E-state index contributed by atoms with van der Waals surface area (Å²) in [5, 5.41) is 10.4. The molecule has 0 amide bonds. The summed E-state index contributed by atoms with van der Waals surface area (Å²) in [6.07, 6.45) is 4.67. The third-order valence-corrected chi connectivity index (χ3v) is 1.97. The second-order valence-corrected chi connectivity index (χ2v) is 3.31. The van der Waals surface area contributed by atoms with Crippen LogP contribution in [0.15, 0.2) is 36.4 Å². The molecule has 0 spiro atoms. The van der Waals surface area contributed by atoms with Gasteiger partial charge in [0.05, 0.1) is 11.3 Å². The van der Waals surface area contributed by atoms with Gasteiger partial charge in [-0.2, -0.15) is 0 Å². The quantitative estimate of drug-likeness (QED) is 0.259. The zero-order valence-corrected chi connectivity index (χ0v) is 9.46. The van der Waals surface area contributed by atoms with Crippen molar-refractivity contribution < 1.29 is 14.5 Å². The van der Waals surface area contributed by atoms with Crippen molar-refractivity contribution in [3.05, 3.63) is 46.5 Å². The number of allylic oxidation sites excluding steroid dienone is 1. The summed E-state index contributed by atoms with van der Waals surface area (Å²) in [5.74, 6) is -0.0750. The van der Waals surface area contributed by atoms with Gasteiger partial charge in [0.2, 0.25) is 0 Å². The van der Waals surface area contributed by atoms with Crippen molar-refractivity contribution in [1.29, 1.82) is 0 Å². The average Bonchev–Trinajstić information content (AvgIpc) is 2.30. The molecule has 17 heavy (non-hydrogen) atoms. The maximum Gasteiger partial charge on any atom is 0.315 e. The van der Waals surface area contributed by atoms with Crippen LogP contribution in [0.1, 0.15) is 19.8 Å². The van der Waals surface area contributed by atoms with E-state index in [1.165, 1.54) is 24.3 Å². The molecule has 5 heteroatoms. The molecule has 0 atom stereocenters. The smallest absolute Gasteiger partial charge is 0.315 e. The van der Waals surface area contributed by atoms with Gasteiger partial charge < -0.3 is 4.74 Å². The Balaban J connectivity index is 2.54. The van der Waals surface area contributed by atoms with E-state index in [-0.39, 0.29) is 18.1 Å². The molecule has 1 rings (SSSR count). The zero-order chi connectivity index (χ0) is 12.7. The molecule has 1 aromatic carbocycles. The number of ether oxygens (including phenoxy) is 1. The van der Waals surface area contributed by atoms with E-state index in [4.69, 9.17) is 4.74 Å². The highest BCUT2D eigenvalue weighted by Crippen LogP contribution is 2.17. The molecule has 0 aliphatic heterocycles. The Morgan fingerprint density at radius 1 is 1.35 bits per heavy atom. The summed E-state index contributed by atoms with van der Waals surface area (Å²) in [6, 6.07) is 5.40. The fourth-order valence-electron chi connectivity index (χ4n) is 1.16. The molecule has 1 aromatic rings. The molecule has 0 aliphatic carbocycles. The molecule has 0 fully saturated rings. The van der Waals surface area contributed by atoms with Gasteiger partial charge in [-0.1, -0.05) is 19.1 Å². The third kappa shape index (κ3) is 4.46. The highest BCUT2D eigenvalue weighted by Gasteiger charge is 2.06. The van der Waals surface area contributed by atoms with Crippen molar-refractivity contribution >= 4 is 11.7 Å². The molecule has 0 bridgehead atoms. The molecule has 5 nitrogen and oxygen atoms in total. The predicted molar refractivity (Wildman–Crippen MR) is 62.8 cm³/mol. The van der Waals surface area contributed by atoms with Crippen LogP contribution >= 0.6 is 0 Å². The van der Waals surface area contributed by atoms with Crippen LogP contribution < -0.4 is 4.74 Å². The summed E-state index contributed by atoms with van der Waals surface area (Å²) in [5.41, 5.74) is -0.0318. The predicted octanol–water partition coefficient (Wildman–Crippen LogP) is 2.86. The number of hydrogen-bond acceptors (Lipinski definition) is 4. The first-order chi connectivity index (χ1) is 8.13. The number of nitro benzene ring substituents is 1. The Hall–Kier alpha value is -2.17. The Kier molecular flexibility index (Phi) is 4.87. The van der Waals surface area contributed by atoms with Crippen molar-refractivity contribution in [2.24, 2.45) is 0 Å². The van der Waals surface area contributed by atoms with Crippen LogP contribution in [0, 0.1) is 10.1 Å². The fourth-order valence-corrected chi connectivity index (χ4v) is 1.16. The highest BCUT2D eigenvalue weighted by atomic mass is 16.6. The standard InChI is InChI=1S/C12H13NO4/c1-2-3-4-5-12(14)17-11-8-6-10(7-9-11)13(15)16/h3-4,6-9H,2,5H2,1H3/b4-3+. The maximum absolute atomic E-state index is 11.3. The van der Waals surface area contributed by atoms with E-state index in [0.717, 1.165) is 6.42 Å². The lowest BCUT2D eigenvalue weighted by Gasteiger charge is -2.01. The molecule has 0 saturated carbocycles. The van der Waals surface area contributed by atoms with Gasteiger partial charge in [0.25, 0.3) is 5.69 Å². The number of carbonyl (C=O) groups excluding carboxylic acids is 1. The summed E-state index contributed by atoms with van der Waals surface area (Å²) in [7, 11) is 0. The van der Waals surface area contributed by atoms with E-state index >= 15 is 0 Å². The van der Waals surface area contributed by atoms with Crippen molar-refractivity contribution in [2.45, 2.75) is 19.8 Å². The molecule has 0 radical (unpaired) electrons. The molecule has 0 aliphatic rings. The van der Waals surface area contributed by atoms with Crippen LogP contribution in [0.4, 0.5) is 5.69 Å². The van der Waals surface area contributed by atoms with Gasteiger partial charge >= 0.3 is 5.97 Å². The third-order valence-electron chi connectivity index (χ3n) is 1.97. The molecule has 0 heterocycles. The summed E-state index contributed by atoms with van der Waals surface area (Å²) in [6.45, 7) is 1.97. The minimum absolute atomic E-state index is 0.0318. The van der Waals surface area contributed by atoms with Crippen LogP contribution in [0.2, 0.25) is 0 Å². The molecular weight excluding hydrogens is 222 g/mol. The first kappa shape index (κ1) is 12.9. The SMILES string of the molecule is CC/C=C/CC(=O)Oc1ccc([N+](=O)[O-])cc1. The number of carbonyl (C=O) groups is 1. The number of esters is 1. The van der Waals surface area contributed by atoms with Gasteiger partial charge in [-0.3, -0.25) is 14.9 Å². The van der Waals surface area contributed by atoms with E-state index in [1.54, 1.807) is 6.08 Å². The lowest BCUT2D eigenvalue weighted by molar-refractivity contribution is -0.384. The van der Waals surface area contributed by atoms with E-state index < -0.39 is 4.92 Å². The van der Waals surface area contributed by atoms with Crippen molar-refractivity contribution in [3.8, 4) is 5.75 Å². The normalized spacial score (nSPS) is 10.4. The van der Waals surface area contributed by atoms with E-state index in [9.17, 15) is 14.9 Å². The molecule has 90 valence electrons. The molecule has 0 aromatic heterocycles. The Morgan fingerprint density at radius 2 is 2.00 bits per heavy atom. The first-order valence-electron chi connectivity index (χ1n) is 5.23. The molecule has 0 saturated heterocycles. The van der Waals surface area contributed by atoms with Gasteiger partial charge in [-0.25, -0.2) is 0 Å². The maximum atomic E-state index is 11.3. The minimum atomic E-state index is -0.504. The van der Waals surface area contributed by atoms with Gasteiger partial charge in [0.15, 0.2) is 0 Å². The zero-order valence-electron chi connectivity index (χ0n) is 9.46. The summed E-state index contributed by atoms with van der Waals surface area (Å²) >= 11 is 0. The van der Waals surface area contributed by atoms with E-state index in [1.807, 2.05) is 13.0 Å². The fraction of sp³-hybridized carbons (Fsp3) is 0.250. The Morgan fingerprint density at radius 3 is 2.53 bits per heavy atom. The molecule has 0 unspecified atom stereocenters. The lowest BCUT2D eigenvalue weighted by atomic mass is 10.3. The van der Waals surface area contributed by atoms with Crippen LogP contribution in [0.5, 0.6) is 5.75 Å². The van der Waals surface area contributed by atoms with Crippen LogP contribution in [-0.4, -0.2) is 10.9 Å². The van der Waals surface area contributed by atoms with Crippen molar-refractivity contribution in [3.63, 3.8) is 0 Å². The van der Waals surface area contributed by atoms with Crippen LogP contribution in [0.25, 0.3) is 0 Å². The largest absolute Gasteiger partial charge is 0.426 e. The van der Waals surface area contributed by atoms with E-state index in [0.29, 0.717) is 5.75 Å². The average molecular weight is 235 g/mol. The highest BCUT2D eigenvalue weighted by molar-refractivity contribution is 5.73. The van der Waals surface area contributed by atoms with Gasteiger partial charge in [0.1, 0.15) is 5.75 Å². The van der Waals surface area contributed by atoms with Gasteiger partial charge in [0, 0.05) is 12.1 Å². The number of nitro groups is 1. The first-order valence-corrected chi connectivity index (χ1v) is 5.23. The van der Waals surface area contributed by atoms with Gasteiger partial charge in [-0.15, -0.1) is 0 Å². The van der Waals surface area contributed by atoms with Crippen molar-refractivity contribution in [2.75, 3.05) is 0 Å². The number of rotatable bonds is 5. The van der Waals surface area contributed by atoms with Crippen LogP contribution in [0.3, 0.4) is 0 Å². The second kappa shape index (κ2) is 6.42. The molecule has 0 N–H and O–H groups in total. The van der Waals surface area contributed by atoms with Crippen LogP contribution in [-0.2, 0) is 4.79 Å². The second-order valence-electron chi connectivity index (χ2n) is 3.31. The number of hydrogen-bond donors (Lipinski definition) is 0. The Labute approximate surface area is 98.9 Å². The molecular formula is C12H13NO4. The number of benzene rings is 1. The van der Waals surface area contributed by atoms with Gasteiger partial charge in [-0.05, 0) is 18.6 Å². The summed E-state index contributed by atoms with van der Waals surface area (Å²) in [4.78, 5) is 21.2. The minimum Gasteiger partial charge on any atom is -0.426 e. The van der Waals surface area contributed by atoms with E-state index in [2.05, 4.69) is 0 Å². The van der Waals surface area contributed by atoms with Crippen molar-refractivity contribution in [1.82, 2.24) is 0 Å². The number of non-ortho nitro benzene ring substituents is 1. The number of nitrogens with zero attached hydrogens (tertiary/aromatic N) is 1. The summed E-state index contributed by atoms with van der Waals surface area (Å²) < 4.78 is 4.98. The monoisotopic (exact) mass is 235 g/mol. The topological polar surface area (TPSA) is 69.4 Å². The Bertz CT molecular complexity index is 423. The lowest BCUT2D eigenvalue weighted by Crippen LogP contribution is -2.06.